The molecule has 17 heavy (non-hydrogen) atoms. The van der Waals surface area contributed by atoms with Gasteiger partial charge in [-0.1, -0.05) is 6.07 Å². The number of carbonyl (C=O) groups is 1. The van der Waals surface area contributed by atoms with Gasteiger partial charge in [0.25, 0.3) is 0 Å². The Labute approximate surface area is 110 Å². The standard InChI is InChI=1S/C11H10F3IO2/c1-10(2,9(16)17)7-4-3-6(15)5-8(7)11(12,13)14/h3-5H,1-2H3,(H,16,17). The molecule has 1 N–H and O–H groups in total. The van der Waals surface area contributed by atoms with Crippen molar-refractivity contribution in [3.8, 4) is 0 Å². The Balaban J connectivity index is 3.50. The zero-order valence-electron chi connectivity index (χ0n) is 9.10. The molecule has 1 rings (SSSR count). The van der Waals surface area contributed by atoms with E-state index in [1.165, 1.54) is 26.0 Å². The van der Waals surface area contributed by atoms with Crippen molar-refractivity contribution >= 4 is 28.6 Å². The van der Waals surface area contributed by atoms with Gasteiger partial charge in [0.05, 0.1) is 11.0 Å². The quantitative estimate of drug-likeness (QED) is 0.820. The maximum atomic E-state index is 12.8. The van der Waals surface area contributed by atoms with E-state index in [1.54, 1.807) is 22.6 Å². The minimum absolute atomic E-state index is 0.224. The van der Waals surface area contributed by atoms with Crippen LogP contribution in [0.15, 0.2) is 18.2 Å². The topological polar surface area (TPSA) is 37.3 Å². The molecule has 0 unspecified atom stereocenters. The average molecular weight is 358 g/mol. The lowest BCUT2D eigenvalue weighted by Crippen LogP contribution is -2.31. The Bertz CT molecular complexity index is 453. The molecule has 0 amide bonds. The average Bonchev–Trinajstić information content (AvgIpc) is 2.15. The highest BCUT2D eigenvalue weighted by atomic mass is 127. The molecule has 0 aliphatic rings. The van der Waals surface area contributed by atoms with Gasteiger partial charge in [-0.3, -0.25) is 4.79 Å². The van der Waals surface area contributed by atoms with Gasteiger partial charge in [-0.15, -0.1) is 0 Å². The van der Waals surface area contributed by atoms with E-state index < -0.39 is 23.1 Å². The molecule has 0 spiro atoms. The molecule has 0 fully saturated rings. The number of benzene rings is 1. The molecule has 0 heterocycles. The first-order valence-corrected chi connectivity index (χ1v) is 5.75. The molecule has 1 aromatic rings. The molecule has 0 saturated carbocycles. The van der Waals surface area contributed by atoms with Gasteiger partial charge in [0.15, 0.2) is 0 Å². The van der Waals surface area contributed by atoms with Crippen molar-refractivity contribution in [2.45, 2.75) is 25.4 Å². The van der Waals surface area contributed by atoms with E-state index >= 15 is 0 Å². The Kier molecular flexibility index (Phi) is 3.75. The van der Waals surface area contributed by atoms with E-state index in [2.05, 4.69) is 0 Å². The lowest BCUT2D eigenvalue weighted by Gasteiger charge is -2.24. The van der Waals surface area contributed by atoms with Crippen molar-refractivity contribution in [2.75, 3.05) is 0 Å². The Morgan fingerprint density at radius 3 is 2.18 bits per heavy atom. The maximum Gasteiger partial charge on any atom is 0.416 e. The van der Waals surface area contributed by atoms with Crippen molar-refractivity contribution in [1.82, 2.24) is 0 Å². The molecule has 94 valence electrons. The minimum Gasteiger partial charge on any atom is -0.481 e. The number of hydrogen-bond acceptors (Lipinski definition) is 1. The van der Waals surface area contributed by atoms with E-state index in [4.69, 9.17) is 5.11 Å². The van der Waals surface area contributed by atoms with E-state index in [9.17, 15) is 18.0 Å². The van der Waals surface area contributed by atoms with Gasteiger partial charge in [0.1, 0.15) is 0 Å². The number of carboxylic acid groups (broad SMARTS) is 1. The highest BCUT2D eigenvalue weighted by Gasteiger charge is 2.40. The van der Waals surface area contributed by atoms with Crippen LogP contribution in [0.4, 0.5) is 13.2 Å². The van der Waals surface area contributed by atoms with Gasteiger partial charge in [-0.2, -0.15) is 13.2 Å². The van der Waals surface area contributed by atoms with Crippen LogP contribution < -0.4 is 0 Å². The second-order valence-corrected chi connectivity index (χ2v) is 5.36. The number of aliphatic carboxylic acids is 1. The monoisotopic (exact) mass is 358 g/mol. The van der Waals surface area contributed by atoms with Crippen LogP contribution in [-0.4, -0.2) is 11.1 Å². The number of halogens is 4. The molecule has 0 saturated heterocycles. The Morgan fingerprint density at radius 2 is 1.76 bits per heavy atom. The van der Waals surface area contributed by atoms with E-state index in [0.717, 1.165) is 6.07 Å². The summed E-state index contributed by atoms with van der Waals surface area (Å²) in [6, 6.07) is 3.65. The van der Waals surface area contributed by atoms with Gasteiger partial charge in [-0.05, 0) is 54.1 Å². The summed E-state index contributed by atoms with van der Waals surface area (Å²) in [5.41, 5.74) is -2.69. The third-order valence-corrected chi connectivity index (χ3v) is 3.17. The predicted molar refractivity (Wildman–Crippen MR) is 64.8 cm³/mol. The Hall–Kier alpha value is -0.790. The lowest BCUT2D eigenvalue weighted by molar-refractivity contribution is -0.144. The fourth-order valence-corrected chi connectivity index (χ4v) is 1.90. The van der Waals surface area contributed by atoms with Crippen LogP contribution in [0.2, 0.25) is 0 Å². The first kappa shape index (κ1) is 14.3. The summed E-state index contributed by atoms with van der Waals surface area (Å²) >= 11 is 1.76. The largest absolute Gasteiger partial charge is 0.481 e. The molecule has 0 atom stereocenters. The zero-order chi connectivity index (χ0) is 13.4. The van der Waals surface area contributed by atoms with E-state index in [1.807, 2.05) is 0 Å². The predicted octanol–water partition coefficient (Wildman–Crippen LogP) is 3.67. The van der Waals surface area contributed by atoms with Gasteiger partial charge >= 0.3 is 12.1 Å². The second kappa shape index (κ2) is 4.47. The highest BCUT2D eigenvalue weighted by molar-refractivity contribution is 14.1. The summed E-state index contributed by atoms with van der Waals surface area (Å²) in [5.74, 6) is -1.29. The van der Waals surface area contributed by atoms with Gasteiger partial charge in [0, 0.05) is 3.57 Å². The van der Waals surface area contributed by atoms with Crippen LogP contribution in [0.5, 0.6) is 0 Å². The molecule has 2 nitrogen and oxygen atoms in total. The summed E-state index contributed by atoms with van der Waals surface area (Å²) in [6.45, 7) is 2.51. The number of alkyl halides is 3. The zero-order valence-corrected chi connectivity index (χ0v) is 11.3. The molecular formula is C11H10F3IO2. The van der Waals surface area contributed by atoms with Crippen LogP contribution in [0.1, 0.15) is 25.0 Å². The summed E-state index contributed by atoms with van der Waals surface area (Å²) in [4.78, 5) is 11.0. The van der Waals surface area contributed by atoms with Crippen LogP contribution in [0.3, 0.4) is 0 Å². The Morgan fingerprint density at radius 1 is 1.24 bits per heavy atom. The normalized spacial score (nSPS) is 12.6. The van der Waals surface area contributed by atoms with Crippen molar-refractivity contribution < 1.29 is 23.1 Å². The second-order valence-electron chi connectivity index (χ2n) is 4.12. The molecule has 0 aliphatic carbocycles. The molecule has 0 radical (unpaired) electrons. The molecule has 6 heteroatoms. The lowest BCUT2D eigenvalue weighted by atomic mass is 9.81. The fraction of sp³-hybridized carbons (Fsp3) is 0.364. The van der Waals surface area contributed by atoms with Crippen LogP contribution in [-0.2, 0) is 16.4 Å². The van der Waals surface area contributed by atoms with Gasteiger partial charge in [0.2, 0.25) is 0 Å². The summed E-state index contributed by atoms with van der Waals surface area (Å²) in [7, 11) is 0. The van der Waals surface area contributed by atoms with Gasteiger partial charge < -0.3 is 5.11 Å². The maximum absolute atomic E-state index is 12.8. The number of rotatable bonds is 2. The minimum atomic E-state index is -4.55. The van der Waals surface area contributed by atoms with Gasteiger partial charge in [-0.25, -0.2) is 0 Å². The third kappa shape index (κ3) is 2.91. The third-order valence-electron chi connectivity index (χ3n) is 2.50. The molecular weight excluding hydrogens is 348 g/mol. The van der Waals surface area contributed by atoms with Crippen LogP contribution >= 0.6 is 22.6 Å². The summed E-state index contributed by atoms with van der Waals surface area (Å²) in [5, 5.41) is 8.98. The van der Waals surface area contributed by atoms with Crippen molar-refractivity contribution in [2.24, 2.45) is 0 Å². The highest BCUT2D eigenvalue weighted by Crippen LogP contribution is 2.38. The van der Waals surface area contributed by atoms with Crippen molar-refractivity contribution in [1.29, 1.82) is 0 Å². The smallest absolute Gasteiger partial charge is 0.416 e. The molecule has 1 aromatic carbocycles. The van der Waals surface area contributed by atoms with Crippen molar-refractivity contribution in [3.05, 3.63) is 32.9 Å². The molecule has 0 bridgehead atoms. The first-order valence-electron chi connectivity index (χ1n) is 4.67. The van der Waals surface area contributed by atoms with Crippen molar-refractivity contribution in [3.63, 3.8) is 0 Å². The molecule has 0 aliphatic heterocycles. The summed E-state index contributed by atoms with van der Waals surface area (Å²) < 4.78 is 38.9. The van der Waals surface area contributed by atoms with Crippen LogP contribution in [0, 0.1) is 3.57 Å². The number of hydrogen-bond donors (Lipinski definition) is 1. The first-order chi connectivity index (χ1) is 7.56. The number of carboxylic acids is 1. The molecule has 0 aromatic heterocycles. The SMILES string of the molecule is CC(C)(C(=O)O)c1ccc(I)cc1C(F)(F)F. The van der Waals surface area contributed by atoms with E-state index in [0.29, 0.717) is 3.57 Å². The summed E-state index contributed by atoms with van der Waals surface area (Å²) in [6.07, 6.45) is -4.55. The van der Waals surface area contributed by atoms with E-state index in [-0.39, 0.29) is 5.56 Å². The fourth-order valence-electron chi connectivity index (χ4n) is 1.41. The van der Waals surface area contributed by atoms with Crippen LogP contribution in [0.25, 0.3) is 0 Å².